The Kier molecular flexibility index (Phi) is 5.75. The lowest BCUT2D eigenvalue weighted by Gasteiger charge is -2.08. The number of nitrogens with two attached hydrogens (primary N) is 1. The molecular formula is C16H24N4O. The van der Waals surface area contributed by atoms with Crippen molar-refractivity contribution < 1.29 is 4.74 Å². The van der Waals surface area contributed by atoms with Crippen molar-refractivity contribution in [3.05, 3.63) is 41.2 Å². The van der Waals surface area contributed by atoms with E-state index < -0.39 is 0 Å². The third-order valence-corrected chi connectivity index (χ3v) is 3.50. The predicted molar refractivity (Wildman–Crippen MR) is 83.2 cm³/mol. The lowest BCUT2D eigenvalue weighted by Crippen LogP contribution is -2.08. The molecule has 0 aliphatic heterocycles. The van der Waals surface area contributed by atoms with Crippen molar-refractivity contribution in [3.63, 3.8) is 0 Å². The summed E-state index contributed by atoms with van der Waals surface area (Å²) in [5, 5.41) is 8.29. The van der Waals surface area contributed by atoms with Crippen LogP contribution in [0.1, 0.15) is 36.7 Å². The molecule has 2 aromatic rings. The van der Waals surface area contributed by atoms with Gasteiger partial charge < -0.3 is 10.5 Å². The fourth-order valence-electron chi connectivity index (χ4n) is 2.28. The Balaban J connectivity index is 1.72. The van der Waals surface area contributed by atoms with Gasteiger partial charge in [0, 0.05) is 13.1 Å². The smallest absolute Gasteiger partial charge is 0.119 e. The zero-order valence-corrected chi connectivity index (χ0v) is 12.9. The van der Waals surface area contributed by atoms with E-state index in [9.17, 15) is 0 Å². The average molecular weight is 288 g/mol. The molecule has 0 amide bonds. The first-order chi connectivity index (χ1) is 10.2. The summed E-state index contributed by atoms with van der Waals surface area (Å²) in [4.78, 5) is 0. The van der Waals surface area contributed by atoms with Gasteiger partial charge in [0.15, 0.2) is 0 Å². The Bertz CT molecular complexity index is 548. The lowest BCUT2D eigenvalue weighted by atomic mass is 10.2. The standard InChI is InChI=1S/C16H24N4O/c1-3-16-15(12-17)18-19-20(16)10-4-5-11-21-14-8-6-13(2)7-9-14/h6-9H,3-5,10-12,17H2,1-2H3. The molecule has 0 fully saturated rings. The van der Waals surface area contributed by atoms with Gasteiger partial charge in [-0.1, -0.05) is 29.8 Å². The van der Waals surface area contributed by atoms with Crippen LogP contribution in [0.3, 0.4) is 0 Å². The molecule has 1 aromatic carbocycles. The maximum atomic E-state index is 5.72. The zero-order chi connectivity index (χ0) is 15.1. The number of benzene rings is 1. The second kappa shape index (κ2) is 7.78. The minimum absolute atomic E-state index is 0.458. The first kappa shape index (κ1) is 15.5. The maximum Gasteiger partial charge on any atom is 0.119 e. The van der Waals surface area contributed by atoms with Crippen LogP contribution < -0.4 is 10.5 Å². The van der Waals surface area contributed by atoms with Gasteiger partial charge in [-0.3, -0.25) is 0 Å². The van der Waals surface area contributed by atoms with Crippen LogP contribution in [0.5, 0.6) is 5.75 Å². The van der Waals surface area contributed by atoms with E-state index in [-0.39, 0.29) is 0 Å². The monoisotopic (exact) mass is 288 g/mol. The van der Waals surface area contributed by atoms with Crippen LogP contribution in [0.15, 0.2) is 24.3 Å². The number of unbranched alkanes of at least 4 members (excludes halogenated alkanes) is 1. The van der Waals surface area contributed by atoms with Crippen molar-refractivity contribution in [1.29, 1.82) is 0 Å². The third kappa shape index (κ3) is 4.29. The number of hydrogen-bond acceptors (Lipinski definition) is 4. The maximum absolute atomic E-state index is 5.72. The van der Waals surface area contributed by atoms with Gasteiger partial charge in [-0.05, 0) is 38.3 Å². The highest BCUT2D eigenvalue weighted by molar-refractivity contribution is 5.26. The van der Waals surface area contributed by atoms with Crippen LogP contribution >= 0.6 is 0 Å². The number of aromatic nitrogens is 3. The highest BCUT2D eigenvalue weighted by Crippen LogP contribution is 2.12. The molecule has 2 rings (SSSR count). The number of nitrogens with zero attached hydrogens (tertiary/aromatic N) is 3. The topological polar surface area (TPSA) is 66.0 Å². The van der Waals surface area contributed by atoms with Crippen molar-refractivity contribution in [2.24, 2.45) is 5.73 Å². The molecule has 5 heteroatoms. The van der Waals surface area contributed by atoms with Crippen molar-refractivity contribution in [3.8, 4) is 5.75 Å². The summed E-state index contributed by atoms with van der Waals surface area (Å²) in [5.74, 6) is 0.932. The van der Waals surface area contributed by atoms with Gasteiger partial charge in [-0.15, -0.1) is 5.10 Å². The Morgan fingerprint density at radius 3 is 2.62 bits per heavy atom. The molecule has 0 saturated heterocycles. The van der Waals surface area contributed by atoms with Gasteiger partial charge in [-0.2, -0.15) is 0 Å². The Morgan fingerprint density at radius 1 is 1.19 bits per heavy atom. The highest BCUT2D eigenvalue weighted by atomic mass is 16.5. The molecule has 1 aromatic heterocycles. The van der Waals surface area contributed by atoms with Gasteiger partial charge >= 0.3 is 0 Å². The molecule has 0 unspecified atom stereocenters. The summed E-state index contributed by atoms with van der Waals surface area (Å²) in [6.45, 7) is 6.23. The molecule has 114 valence electrons. The van der Waals surface area contributed by atoms with Crippen LogP contribution in [-0.2, 0) is 19.5 Å². The van der Waals surface area contributed by atoms with Gasteiger partial charge in [0.25, 0.3) is 0 Å². The Morgan fingerprint density at radius 2 is 1.95 bits per heavy atom. The summed E-state index contributed by atoms with van der Waals surface area (Å²) in [6, 6.07) is 8.14. The average Bonchev–Trinajstić information content (AvgIpc) is 2.90. The number of aryl methyl sites for hydroxylation is 2. The summed E-state index contributed by atoms with van der Waals surface area (Å²) < 4.78 is 7.68. The van der Waals surface area contributed by atoms with Crippen LogP contribution in [0.25, 0.3) is 0 Å². The largest absolute Gasteiger partial charge is 0.494 e. The minimum atomic E-state index is 0.458. The van der Waals surface area contributed by atoms with Crippen LogP contribution in [0.2, 0.25) is 0 Å². The van der Waals surface area contributed by atoms with E-state index in [0.29, 0.717) is 6.54 Å². The number of hydrogen-bond donors (Lipinski definition) is 1. The molecule has 2 N–H and O–H groups in total. The Labute approximate surface area is 126 Å². The van der Waals surface area contributed by atoms with E-state index in [0.717, 1.165) is 49.6 Å². The molecule has 0 aliphatic rings. The van der Waals surface area contributed by atoms with E-state index >= 15 is 0 Å². The molecule has 0 bridgehead atoms. The van der Waals surface area contributed by atoms with Gasteiger partial charge in [-0.25, -0.2) is 4.68 Å². The summed E-state index contributed by atoms with van der Waals surface area (Å²) >= 11 is 0. The molecule has 0 atom stereocenters. The van der Waals surface area contributed by atoms with E-state index in [1.807, 2.05) is 16.8 Å². The van der Waals surface area contributed by atoms with Crippen LogP contribution in [0, 0.1) is 6.92 Å². The summed E-state index contributed by atoms with van der Waals surface area (Å²) in [6.07, 6.45) is 2.93. The van der Waals surface area contributed by atoms with Gasteiger partial charge in [0.2, 0.25) is 0 Å². The second-order valence-electron chi connectivity index (χ2n) is 5.13. The third-order valence-electron chi connectivity index (χ3n) is 3.50. The van der Waals surface area contributed by atoms with Crippen molar-refractivity contribution in [2.75, 3.05) is 6.61 Å². The highest BCUT2D eigenvalue weighted by Gasteiger charge is 2.08. The second-order valence-corrected chi connectivity index (χ2v) is 5.13. The number of ether oxygens (including phenoxy) is 1. The van der Waals surface area contributed by atoms with Gasteiger partial charge in [0.1, 0.15) is 5.75 Å². The molecule has 0 aliphatic carbocycles. The van der Waals surface area contributed by atoms with E-state index in [2.05, 4.69) is 36.3 Å². The molecule has 1 heterocycles. The van der Waals surface area contributed by atoms with E-state index in [4.69, 9.17) is 10.5 Å². The molecule has 21 heavy (non-hydrogen) atoms. The minimum Gasteiger partial charge on any atom is -0.494 e. The SMILES string of the molecule is CCc1c(CN)nnn1CCCCOc1ccc(C)cc1. The van der Waals surface area contributed by atoms with Crippen LogP contribution in [-0.4, -0.2) is 21.6 Å². The molecule has 0 saturated carbocycles. The Hall–Kier alpha value is -1.88. The first-order valence-corrected chi connectivity index (χ1v) is 7.55. The van der Waals surface area contributed by atoms with Crippen molar-refractivity contribution in [2.45, 2.75) is 46.2 Å². The fraction of sp³-hybridized carbons (Fsp3) is 0.500. The quantitative estimate of drug-likeness (QED) is 0.758. The molecule has 5 nitrogen and oxygen atoms in total. The molecular weight excluding hydrogens is 264 g/mol. The van der Waals surface area contributed by atoms with E-state index in [1.54, 1.807) is 0 Å². The van der Waals surface area contributed by atoms with Gasteiger partial charge in [0.05, 0.1) is 18.0 Å². The molecule has 0 radical (unpaired) electrons. The summed E-state index contributed by atoms with van der Waals surface area (Å²) in [5.41, 5.74) is 8.96. The number of rotatable bonds is 8. The zero-order valence-electron chi connectivity index (χ0n) is 12.9. The van der Waals surface area contributed by atoms with E-state index in [1.165, 1.54) is 5.56 Å². The predicted octanol–water partition coefficient (Wildman–Crippen LogP) is 2.47. The first-order valence-electron chi connectivity index (χ1n) is 7.55. The van der Waals surface area contributed by atoms with Crippen molar-refractivity contribution in [1.82, 2.24) is 15.0 Å². The fourth-order valence-corrected chi connectivity index (χ4v) is 2.28. The molecule has 0 spiro atoms. The van der Waals surface area contributed by atoms with Crippen molar-refractivity contribution >= 4 is 0 Å². The summed E-state index contributed by atoms with van der Waals surface area (Å²) in [7, 11) is 0. The van der Waals surface area contributed by atoms with Crippen LogP contribution in [0.4, 0.5) is 0 Å². The normalized spacial score (nSPS) is 10.8. The lowest BCUT2D eigenvalue weighted by molar-refractivity contribution is 0.301.